The summed E-state index contributed by atoms with van der Waals surface area (Å²) < 4.78 is 1.81. The number of non-ortho nitro benzene ring substituents is 1. The number of nitro benzene ring substituents is 1. The van der Waals surface area contributed by atoms with Gasteiger partial charge in [-0.2, -0.15) is 5.11 Å². The van der Waals surface area contributed by atoms with E-state index in [1.54, 1.807) is 12.1 Å². The topological polar surface area (TPSA) is 93.0 Å². The van der Waals surface area contributed by atoms with Gasteiger partial charge in [-0.3, -0.25) is 10.1 Å². The molecule has 0 saturated heterocycles. The Morgan fingerprint density at radius 3 is 2.64 bits per heavy atom. The standard InChI is InChI=1S/C18H18N4O3/c1-12(2)11-21-16-9-4-3-8-15(16)17(18(21)23)20-19-13-6-5-7-14(10-13)22(24)25/h3-10,12,23H,11H2,1-2H3. The molecule has 0 bridgehead atoms. The number of hydrogen-bond donors (Lipinski definition) is 1. The first-order chi connectivity index (χ1) is 12.0. The maximum Gasteiger partial charge on any atom is 0.271 e. The van der Waals surface area contributed by atoms with E-state index in [0.717, 1.165) is 10.9 Å². The van der Waals surface area contributed by atoms with Crippen LogP contribution in [0.3, 0.4) is 0 Å². The fourth-order valence-electron chi connectivity index (χ4n) is 2.70. The molecule has 0 atom stereocenters. The highest BCUT2D eigenvalue weighted by Crippen LogP contribution is 2.40. The van der Waals surface area contributed by atoms with Crippen molar-refractivity contribution in [1.82, 2.24) is 4.57 Å². The van der Waals surface area contributed by atoms with E-state index < -0.39 is 4.92 Å². The minimum Gasteiger partial charge on any atom is -0.493 e. The van der Waals surface area contributed by atoms with Gasteiger partial charge in [0.15, 0.2) is 5.69 Å². The molecule has 1 N–H and O–H groups in total. The molecule has 1 aromatic heterocycles. The Morgan fingerprint density at radius 1 is 1.16 bits per heavy atom. The second-order valence-electron chi connectivity index (χ2n) is 6.17. The smallest absolute Gasteiger partial charge is 0.271 e. The molecule has 25 heavy (non-hydrogen) atoms. The lowest BCUT2D eigenvalue weighted by molar-refractivity contribution is -0.384. The fourth-order valence-corrected chi connectivity index (χ4v) is 2.70. The van der Waals surface area contributed by atoms with Gasteiger partial charge in [-0.15, -0.1) is 5.11 Å². The van der Waals surface area contributed by atoms with Crippen LogP contribution in [-0.2, 0) is 6.54 Å². The summed E-state index contributed by atoms with van der Waals surface area (Å²) in [6, 6.07) is 13.5. The van der Waals surface area contributed by atoms with Crippen molar-refractivity contribution in [3.05, 3.63) is 58.6 Å². The minimum atomic E-state index is -0.481. The molecule has 0 aliphatic carbocycles. The minimum absolute atomic E-state index is 0.0454. The maximum atomic E-state index is 10.9. The van der Waals surface area contributed by atoms with Gasteiger partial charge in [-0.25, -0.2) is 0 Å². The van der Waals surface area contributed by atoms with E-state index >= 15 is 0 Å². The van der Waals surface area contributed by atoms with Crippen LogP contribution in [0, 0.1) is 16.0 Å². The number of aromatic hydroxyl groups is 1. The summed E-state index contributed by atoms with van der Waals surface area (Å²) >= 11 is 0. The predicted octanol–water partition coefficient (Wildman–Crippen LogP) is 5.33. The molecule has 0 spiro atoms. The number of nitro groups is 1. The van der Waals surface area contributed by atoms with Gasteiger partial charge in [0, 0.05) is 24.1 Å². The van der Waals surface area contributed by atoms with Crippen molar-refractivity contribution < 1.29 is 10.0 Å². The molecule has 0 aliphatic rings. The van der Waals surface area contributed by atoms with E-state index in [-0.39, 0.29) is 11.6 Å². The molecule has 3 aromatic rings. The summed E-state index contributed by atoms with van der Waals surface area (Å²) in [6.45, 7) is 4.79. The Labute approximate surface area is 144 Å². The van der Waals surface area contributed by atoms with E-state index in [1.807, 2.05) is 28.8 Å². The Hall–Kier alpha value is -3.22. The van der Waals surface area contributed by atoms with E-state index in [0.29, 0.717) is 23.8 Å². The molecule has 0 fully saturated rings. The highest BCUT2D eigenvalue weighted by atomic mass is 16.6. The Morgan fingerprint density at radius 2 is 1.92 bits per heavy atom. The lowest BCUT2D eigenvalue weighted by Crippen LogP contribution is -2.03. The summed E-state index contributed by atoms with van der Waals surface area (Å²) in [5.74, 6) is 0.396. The van der Waals surface area contributed by atoms with Crippen LogP contribution in [0.25, 0.3) is 10.9 Å². The van der Waals surface area contributed by atoms with E-state index in [9.17, 15) is 15.2 Å². The molecule has 0 radical (unpaired) electrons. The van der Waals surface area contributed by atoms with Gasteiger partial charge in [0.05, 0.1) is 16.1 Å². The zero-order valence-corrected chi connectivity index (χ0v) is 14.0. The number of hydrogen-bond acceptors (Lipinski definition) is 5. The van der Waals surface area contributed by atoms with E-state index in [4.69, 9.17) is 0 Å². The van der Waals surface area contributed by atoms with Crippen LogP contribution in [0.5, 0.6) is 5.88 Å². The molecule has 0 aliphatic heterocycles. The first kappa shape index (κ1) is 16.6. The predicted molar refractivity (Wildman–Crippen MR) is 95.7 cm³/mol. The van der Waals surface area contributed by atoms with Gasteiger partial charge in [-0.05, 0) is 18.1 Å². The number of para-hydroxylation sites is 1. The van der Waals surface area contributed by atoms with Gasteiger partial charge in [0.2, 0.25) is 5.88 Å². The molecule has 3 rings (SSSR count). The summed E-state index contributed by atoms with van der Waals surface area (Å²) in [7, 11) is 0. The average molecular weight is 338 g/mol. The van der Waals surface area contributed by atoms with Crippen molar-refractivity contribution in [3.63, 3.8) is 0 Å². The third-order valence-electron chi connectivity index (χ3n) is 3.77. The Balaban J connectivity index is 2.05. The third-order valence-corrected chi connectivity index (χ3v) is 3.77. The Kier molecular flexibility index (Phi) is 4.47. The zero-order chi connectivity index (χ0) is 18.0. The van der Waals surface area contributed by atoms with Crippen molar-refractivity contribution in [1.29, 1.82) is 0 Å². The Bertz CT molecular complexity index is 960. The monoisotopic (exact) mass is 338 g/mol. The lowest BCUT2D eigenvalue weighted by Gasteiger charge is -2.09. The van der Waals surface area contributed by atoms with Crippen molar-refractivity contribution in [2.24, 2.45) is 16.1 Å². The third kappa shape index (κ3) is 3.35. The molecule has 128 valence electrons. The first-order valence-electron chi connectivity index (χ1n) is 7.93. The zero-order valence-electron chi connectivity index (χ0n) is 14.0. The molecule has 7 nitrogen and oxygen atoms in total. The number of nitrogens with zero attached hydrogens (tertiary/aromatic N) is 4. The summed E-state index contributed by atoms with van der Waals surface area (Å²) in [5.41, 5.74) is 1.54. The largest absolute Gasteiger partial charge is 0.493 e. The van der Waals surface area contributed by atoms with Crippen LogP contribution in [0.15, 0.2) is 58.8 Å². The van der Waals surface area contributed by atoms with Gasteiger partial charge >= 0.3 is 0 Å². The van der Waals surface area contributed by atoms with Crippen LogP contribution in [-0.4, -0.2) is 14.6 Å². The molecule has 2 aromatic carbocycles. The second kappa shape index (κ2) is 6.72. The van der Waals surface area contributed by atoms with Gasteiger partial charge in [0.25, 0.3) is 5.69 Å². The molecule has 0 unspecified atom stereocenters. The maximum absolute atomic E-state index is 10.9. The molecule has 1 heterocycles. The van der Waals surface area contributed by atoms with Crippen molar-refractivity contribution >= 4 is 28.0 Å². The van der Waals surface area contributed by atoms with Crippen molar-refractivity contribution in [2.75, 3.05) is 0 Å². The SMILES string of the molecule is CC(C)Cn1c(O)c(N=Nc2cccc([N+](=O)[O-])c2)c2ccccc21. The van der Waals surface area contributed by atoms with Crippen LogP contribution in [0.2, 0.25) is 0 Å². The van der Waals surface area contributed by atoms with Crippen LogP contribution >= 0.6 is 0 Å². The number of benzene rings is 2. The lowest BCUT2D eigenvalue weighted by atomic mass is 10.2. The molecule has 7 heteroatoms. The normalized spacial score (nSPS) is 11.6. The quantitative estimate of drug-likeness (QED) is 0.387. The molecular formula is C18H18N4O3. The average Bonchev–Trinajstić information content (AvgIpc) is 2.85. The number of fused-ring (bicyclic) bond motifs is 1. The van der Waals surface area contributed by atoms with Crippen LogP contribution in [0.4, 0.5) is 17.1 Å². The highest BCUT2D eigenvalue weighted by Gasteiger charge is 2.17. The first-order valence-corrected chi connectivity index (χ1v) is 7.93. The summed E-state index contributed by atoms with van der Waals surface area (Å²) in [5, 5.41) is 30.5. The summed E-state index contributed by atoms with van der Waals surface area (Å²) in [4.78, 5) is 10.4. The van der Waals surface area contributed by atoms with Crippen molar-refractivity contribution in [2.45, 2.75) is 20.4 Å². The molecular weight excluding hydrogens is 320 g/mol. The second-order valence-corrected chi connectivity index (χ2v) is 6.17. The number of azo groups is 1. The number of rotatable bonds is 5. The molecule has 0 saturated carbocycles. The van der Waals surface area contributed by atoms with Crippen LogP contribution < -0.4 is 0 Å². The number of aromatic nitrogens is 1. The van der Waals surface area contributed by atoms with E-state index in [1.165, 1.54) is 12.1 Å². The van der Waals surface area contributed by atoms with E-state index in [2.05, 4.69) is 24.1 Å². The van der Waals surface area contributed by atoms with Crippen LogP contribution in [0.1, 0.15) is 13.8 Å². The van der Waals surface area contributed by atoms with Gasteiger partial charge in [0.1, 0.15) is 0 Å². The van der Waals surface area contributed by atoms with Crippen molar-refractivity contribution in [3.8, 4) is 5.88 Å². The van der Waals surface area contributed by atoms with Gasteiger partial charge in [-0.1, -0.05) is 38.1 Å². The highest BCUT2D eigenvalue weighted by molar-refractivity contribution is 5.95. The molecule has 0 amide bonds. The summed E-state index contributed by atoms with van der Waals surface area (Å²) in [6.07, 6.45) is 0. The van der Waals surface area contributed by atoms with Gasteiger partial charge < -0.3 is 9.67 Å². The fraction of sp³-hybridized carbons (Fsp3) is 0.222.